The summed E-state index contributed by atoms with van der Waals surface area (Å²) in [6, 6.07) is 7.18. The van der Waals surface area contributed by atoms with Crippen molar-refractivity contribution < 1.29 is 4.79 Å². The Kier molecular flexibility index (Phi) is 1.27. The summed E-state index contributed by atoms with van der Waals surface area (Å²) in [6.45, 7) is 0. The quantitative estimate of drug-likeness (QED) is 0.606. The lowest BCUT2D eigenvalue weighted by atomic mass is 10.1. The summed E-state index contributed by atoms with van der Waals surface area (Å²) in [7, 11) is 1.62. The van der Waals surface area contributed by atoms with Crippen molar-refractivity contribution in [3.63, 3.8) is 0 Å². The summed E-state index contributed by atoms with van der Waals surface area (Å²) in [5.74, 6) is 0.200. The molecule has 1 aromatic carbocycles. The SMILES string of the molecule is CN1C(=N)c2ccccc2C1=O. The molecule has 0 aliphatic carbocycles. The van der Waals surface area contributed by atoms with E-state index in [0.717, 1.165) is 5.56 Å². The molecule has 1 aliphatic heterocycles. The Bertz CT molecular complexity index is 336. The average Bonchev–Trinajstić information content (AvgIpc) is 2.33. The van der Waals surface area contributed by atoms with Gasteiger partial charge in [0, 0.05) is 12.6 Å². The van der Waals surface area contributed by atoms with Crippen molar-refractivity contribution >= 4 is 11.7 Å². The largest absolute Gasteiger partial charge is 0.296 e. The summed E-state index contributed by atoms with van der Waals surface area (Å²) >= 11 is 0. The molecule has 2 rings (SSSR count). The number of amides is 1. The van der Waals surface area contributed by atoms with Crippen molar-refractivity contribution in [1.29, 1.82) is 5.41 Å². The zero-order chi connectivity index (χ0) is 8.72. The Morgan fingerprint density at radius 2 is 1.83 bits per heavy atom. The van der Waals surface area contributed by atoms with Gasteiger partial charge in [0.25, 0.3) is 5.91 Å². The molecule has 0 saturated carbocycles. The summed E-state index contributed by atoms with van der Waals surface area (Å²) in [5.41, 5.74) is 1.36. The van der Waals surface area contributed by atoms with E-state index >= 15 is 0 Å². The van der Waals surface area contributed by atoms with Crippen molar-refractivity contribution in [2.24, 2.45) is 0 Å². The number of nitrogens with zero attached hydrogens (tertiary/aromatic N) is 1. The number of carbonyl (C=O) groups is 1. The van der Waals surface area contributed by atoms with Crippen LogP contribution in [0.4, 0.5) is 0 Å². The van der Waals surface area contributed by atoms with Gasteiger partial charge >= 0.3 is 0 Å². The zero-order valence-corrected chi connectivity index (χ0v) is 6.66. The highest BCUT2D eigenvalue weighted by atomic mass is 16.2. The second-order valence-corrected chi connectivity index (χ2v) is 2.76. The summed E-state index contributed by atoms with van der Waals surface area (Å²) in [5, 5.41) is 7.57. The van der Waals surface area contributed by atoms with Gasteiger partial charge in [-0.05, 0) is 6.07 Å². The highest BCUT2D eigenvalue weighted by Crippen LogP contribution is 2.20. The van der Waals surface area contributed by atoms with Gasteiger partial charge in [0.2, 0.25) is 0 Å². The molecule has 0 fully saturated rings. The number of fused-ring (bicyclic) bond motifs is 1. The third-order valence-electron chi connectivity index (χ3n) is 2.05. The fourth-order valence-electron chi connectivity index (χ4n) is 1.34. The van der Waals surface area contributed by atoms with Crippen LogP contribution in [-0.4, -0.2) is 23.7 Å². The van der Waals surface area contributed by atoms with Crippen LogP contribution in [0, 0.1) is 5.41 Å². The molecule has 0 unspecified atom stereocenters. The number of nitrogens with one attached hydrogen (secondary N) is 1. The van der Waals surface area contributed by atoms with Crippen LogP contribution in [0.5, 0.6) is 0 Å². The van der Waals surface area contributed by atoms with Crippen LogP contribution < -0.4 is 0 Å². The fraction of sp³-hybridized carbons (Fsp3) is 0.111. The predicted octanol–water partition coefficient (Wildman–Crippen LogP) is 1.10. The van der Waals surface area contributed by atoms with Crippen LogP contribution in [0.1, 0.15) is 15.9 Å². The molecule has 3 heteroatoms. The molecule has 1 aromatic rings. The molecule has 1 amide bonds. The number of rotatable bonds is 0. The number of carbonyl (C=O) groups excluding carboxylic acids is 1. The topological polar surface area (TPSA) is 44.2 Å². The monoisotopic (exact) mass is 160 g/mol. The molecule has 12 heavy (non-hydrogen) atoms. The van der Waals surface area contributed by atoms with Gasteiger partial charge in [-0.15, -0.1) is 0 Å². The van der Waals surface area contributed by atoms with E-state index in [1.165, 1.54) is 4.90 Å². The standard InChI is InChI=1S/C9H8N2O/c1-11-8(10)6-4-2-3-5-7(6)9(11)12/h2-5,10H,1H3. The van der Waals surface area contributed by atoms with Crippen LogP contribution in [0.25, 0.3) is 0 Å². The van der Waals surface area contributed by atoms with Crippen LogP contribution >= 0.6 is 0 Å². The second kappa shape index (κ2) is 2.17. The van der Waals surface area contributed by atoms with Crippen LogP contribution in [0.3, 0.4) is 0 Å². The first kappa shape index (κ1) is 7.03. The minimum atomic E-state index is -0.0874. The first-order valence-electron chi connectivity index (χ1n) is 3.68. The Morgan fingerprint density at radius 3 is 2.42 bits per heavy atom. The zero-order valence-electron chi connectivity index (χ0n) is 6.66. The lowest BCUT2D eigenvalue weighted by Gasteiger charge is -2.05. The van der Waals surface area contributed by atoms with Crippen molar-refractivity contribution in [3.8, 4) is 0 Å². The summed E-state index contributed by atoms with van der Waals surface area (Å²) in [4.78, 5) is 12.7. The smallest absolute Gasteiger partial charge is 0.259 e. The number of hydrogen-bond donors (Lipinski definition) is 1. The molecule has 1 aliphatic rings. The molecule has 1 N–H and O–H groups in total. The number of amidine groups is 1. The Labute approximate surface area is 70.1 Å². The van der Waals surface area contributed by atoms with Crippen molar-refractivity contribution in [1.82, 2.24) is 4.90 Å². The van der Waals surface area contributed by atoms with Crippen molar-refractivity contribution in [2.45, 2.75) is 0 Å². The van der Waals surface area contributed by atoms with Gasteiger partial charge in [0.15, 0.2) is 0 Å². The Morgan fingerprint density at radius 1 is 1.25 bits per heavy atom. The second-order valence-electron chi connectivity index (χ2n) is 2.76. The van der Waals surface area contributed by atoms with Crippen LogP contribution in [-0.2, 0) is 0 Å². The van der Waals surface area contributed by atoms with Gasteiger partial charge < -0.3 is 0 Å². The van der Waals surface area contributed by atoms with E-state index in [-0.39, 0.29) is 11.7 Å². The van der Waals surface area contributed by atoms with Crippen LogP contribution in [0.2, 0.25) is 0 Å². The minimum absolute atomic E-state index is 0.0874. The molecule has 0 aromatic heterocycles. The van der Waals surface area contributed by atoms with Gasteiger partial charge in [-0.1, -0.05) is 18.2 Å². The van der Waals surface area contributed by atoms with Crippen molar-refractivity contribution in [2.75, 3.05) is 7.05 Å². The maximum Gasteiger partial charge on any atom is 0.259 e. The first-order valence-corrected chi connectivity index (χ1v) is 3.68. The van der Waals surface area contributed by atoms with E-state index in [1.54, 1.807) is 19.2 Å². The lowest BCUT2D eigenvalue weighted by molar-refractivity contribution is 0.0882. The van der Waals surface area contributed by atoms with E-state index in [4.69, 9.17) is 5.41 Å². The summed E-state index contributed by atoms with van der Waals surface area (Å²) < 4.78 is 0. The molecule has 0 atom stereocenters. The molecule has 0 spiro atoms. The third-order valence-corrected chi connectivity index (χ3v) is 2.05. The lowest BCUT2D eigenvalue weighted by Crippen LogP contribution is -2.24. The van der Waals surface area contributed by atoms with Gasteiger partial charge in [0.05, 0.1) is 5.56 Å². The van der Waals surface area contributed by atoms with E-state index in [0.29, 0.717) is 5.56 Å². The molecule has 1 heterocycles. The van der Waals surface area contributed by atoms with Gasteiger partial charge in [0.1, 0.15) is 5.84 Å². The minimum Gasteiger partial charge on any atom is -0.296 e. The van der Waals surface area contributed by atoms with E-state index < -0.39 is 0 Å². The maximum atomic E-state index is 11.4. The Balaban J connectivity index is 2.67. The molecule has 3 nitrogen and oxygen atoms in total. The van der Waals surface area contributed by atoms with Gasteiger partial charge in [-0.3, -0.25) is 15.1 Å². The fourth-order valence-corrected chi connectivity index (χ4v) is 1.34. The van der Waals surface area contributed by atoms with E-state index in [9.17, 15) is 4.79 Å². The highest BCUT2D eigenvalue weighted by molar-refractivity contribution is 6.22. The molecule has 0 radical (unpaired) electrons. The maximum absolute atomic E-state index is 11.4. The summed E-state index contributed by atoms with van der Waals surface area (Å²) in [6.07, 6.45) is 0. The first-order chi connectivity index (χ1) is 5.72. The third kappa shape index (κ3) is 0.704. The average molecular weight is 160 g/mol. The molecular weight excluding hydrogens is 152 g/mol. The molecule has 0 bridgehead atoms. The number of benzene rings is 1. The van der Waals surface area contributed by atoms with Gasteiger partial charge in [-0.25, -0.2) is 0 Å². The van der Waals surface area contributed by atoms with Gasteiger partial charge in [-0.2, -0.15) is 0 Å². The predicted molar refractivity (Wildman–Crippen MR) is 45.4 cm³/mol. The molecular formula is C9H8N2O. The molecule has 0 saturated heterocycles. The van der Waals surface area contributed by atoms with E-state index in [1.807, 2.05) is 12.1 Å². The van der Waals surface area contributed by atoms with E-state index in [2.05, 4.69) is 0 Å². The Hall–Kier alpha value is -1.64. The number of hydrogen-bond acceptors (Lipinski definition) is 2. The molecule has 60 valence electrons. The van der Waals surface area contributed by atoms with Crippen molar-refractivity contribution in [3.05, 3.63) is 35.4 Å². The van der Waals surface area contributed by atoms with Crippen LogP contribution in [0.15, 0.2) is 24.3 Å². The highest BCUT2D eigenvalue weighted by Gasteiger charge is 2.28. The normalized spacial score (nSPS) is 15.2.